The Labute approximate surface area is 127 Å². The lowest BCUT2D eigenvalue weighted by atomic mass is 9.55. The molecule has 1 heteroatoms. The summed E-state index contributed by atoms with van der Waals surface area (Å²) in [5, 5.41) is 3.84. The number of nitrogens with one attached hydrogen (secondary N) is 1. The summed E-state index contributed by atoms with van der Waals surface area (Å²) in [5.41, 5.74) is 1.38. The lowest BCUT2D eigenvalue weighted by Gasteiger charge is -2.52. The highest BCUT2D eigenvalue weighted by atomic mass is 15.0. The molecular formula is C19H37N. The number of hydrogen-bond donors (Lipinski definition) is 1. The van der Waals surface area contributed by atoms with Gasteiger partial charge in [0.25, 0.3) is 0 Å². The maximum absolute atomic E-state index is 3.84. The molecule has 0 bridgehead atoms. The molecule has 0 saturated heterocycles. The first-order valence-corrected chi connectivity index (χ1v) is 8.87. The summed E-state index contributed by atoms with van der Waals surface area (Å²) in [6.07, 6.45) is 10.3. The molecule has 2 rings (SSSR count). The number of hydrogen-bond acceptors (Lipinski definition) is 1. The van der Waals surface area contributed by atoms with Crippen LogP contribution in [0.4, 0.5) is 0 Å². The fourth-order valence-electron chi connectivity index (χ4n) is 4.25. The smallest absolute Gasteiger partial charge is 0.00967 e. The monoisotopic (exact) mass is 279 g/mol. The molecule has 0 aromatic heterocycles. The van der Waals surface area contributed by atoms with Gasteiger partial charge >= 0.3 is 0 Å². The summed E-state index contributed by atoms with van der Waals surface area (Å²) in [5.74, 6) is 1.95. The molecule has 118 valence electrons. The van der Waals surface area contributed by atoms with E-state index in [2.05, 4.69) is 46.9 Å². The summed E-state index contributed by atoms with van der Waals surface area (Å²) < 4.78 is 0. The van der Waals surface area contributed by atoms with Crippen LogP contribution in [0, 0.1) is 22.7 Å². The average molecular weight is 280 g/mol. The third-order valence-electron chi connectivity index (χ3n) is 6.15. The summed E-state index contributed by atoms with van der Waals surface area (Å²) >= 11 is 0. The molecule has 0 radical (unpaired) electrons. The molecule has 0 aliphatic heterocycles. The highest BCUT2D eigenvalue weighted by Gasteiger charge is 2.45. The number of rotatable bonds is 3. The van der Waals surface area contributed by atoms with Crippen LogP contribution in [0.5, 0.6) is 0 Å². The Bertz CT molecular complexity index is 306. The van der Waals surface area contributed by atoms with Crippen molar-refractivity contribution in [3.8, 4) is 0 Å². The van der Waals surface area contributed by atoms with E-state index in [1.165, 1.54) is 51.5 Å². The quantitative estimate of drug-likeness (QED) is 0.729. The minimum atomic E-state index is 0.262. The Morgan fingerprint density at radius 2 is 1.45 bits per heavy atom. The van der Waals surface area contributed by atoms with E-state index in [-0.39, 0.29) is 5.54 Å². The van der Waals surface area contributed by atoms with Gasteiger partial charge < -0.3 is 5.32 Å². The van der Waals surface area contributed by atoms with Gasteiger partial charge in [0.05, 0.1) is 0 Å². The normalized spacial score (nSPS) is 33.0. The molecule has 0 amide bonds. The zero-order valence-electron chi connectivity index (χ0n) is 14.8. The fourth-order valence-corrected chi connectivity index (χ4v) is 4.25. The molecule has 1 nitrogen and oxygen atoms in total. The van der Waals surface area contributed by atoms with E-state index in [1.807, 2.05) is 0 Å². The Morgan fingerprint density at radius 3 is 1.80 bits per heavy atom. The van der Waals surface area contributed by atoms with Crippen molar-refractivity contribution in [3.63, 3.8) is 0 Å². The van der Waals surface area contributed by atoms with Crippen LogP contribution >= 0.6 is 0 Å². The van der Waals surface area contributed by atoms with E-state index < -0.39 is 0 Å². The second-order valence-corrected chi connectivity index (χ2v) is 9.73. The molecule has 0 heterocycles. The summed E-state index contributed by atoms with van der Waals surface area (Å²) in [4.78, 5) is 0. The Morgan fingerprint density at radius 1 is 0.900 bits per heavy atom. The van der Waals surface area contributed by atoms with Crippen molar-refractivity contribution in [1.82, 2.24) is 5.32 Å². The molecular weight excluding hydrogens is 242 g/mol. The Kier molecular flexibility index (Phi) is 4.60. The summed E-state index contributed by atoms with van der Waals surface area (Å²) in [7, 11) is 0. The van der Waals surface area contributed by atoms with Crippen LogP contribution in [0.1, 0.15) is 86.5 Å². The average Bonchev–Trinajstić information content (AvgIpc) is 2.22. The minimum absolute atomic E-state index is 0.262. The molecule has 0 spiro atoms. The van der Waals surface area contributed by atoms with Gasteiger partial charge in [-0.1, -0.05) is 27.2 Å². The molecule has 0 aromatic carbocycles. The molecule has 2 aliphatic rings. The van der Waals surface area contributed by atoms with Crippen LogP contribution in [0.15, 0.2) is 0 Å². The van der Waals surface area contributed by atoms with Crippen LogP contribution in [0.2, 0.25) is 0 Å². The van der Waals surface area contributed by atoms with E-state index in [0.29, 0.717) is 10.8 Å². The third kappa shape index (κ3) is 3.78. The van der Waals surface area contributed by atoms with Crippen LogP contribution in [0.3, 0.4) is 0 Å². The van der Waals surface area contributed by atoms with E-state index in [0.717, 1.165) is 11.8 Å². The molecule has 0 aromatic rings. The molecule has 1 N–H and O–H groups in total. The predicted molar refractivity (Wildman–Crippen MR) is 88.9 cm³/mol. The lowest BCUT2D eigenvalue weighted by Crippen LogP contribution is -2.50. The molecule has 2 saturated carbocycles. The maximum Gasteiger partial charge on any atom is 0.00967 e. The first kappa shape index (κ1) is 16.3. The molecule has 2 fully saturated rings. The van der Waals surface area contributed by atoms with Crippen molar-refractivity contribution in [2.75, 3.05) is 6.54 Å². The van der Waals surface area contributed by atoms with Gasteiger partial charge in [0, 0.05) is 12.1 Å². The van der Waals surface area contributed by atoms with Gasteiger partial charge in [-0.05, 0) is 82.0 Å². The van der Waals surface area contributed by atoms with Crippen LogP contribution in [0.25, 0.3) is 0 Å². The standard InChI is InChI=1S/C19H37N/c1-17(2,3)15-10-12-19(13-11-15,16-8-7-9-16)14-20-18(4,5)6/h15-16,20H,7-14H2,1-6H3. The van der Waals surface area contributed by atoms with Gasteiger partial charge in [-0.25, -0.2) is 0 Å². The second kappa shape index (κ2) is 5.63. The fraction of sp³-hybridized carbons (Fsp3) is 1.00. The zero-order valence-corrected chi connectivity index (χ0v) is 14.8. The van der Waals surface area contributed by atoms with Gasteiger partial charge in [0.15, 0.2) is 0 Å². The Balaban J connectivity index is 1.99. The van der Waals surface area contributed by atoms with E-state index >= 15 is 0 Å². The molecule has 20 heavy (non-hydrogen) atoms. The summed E-state index contributed by atoms with van der Waals surface area (Å²) in [6.45, 7) is 15.5. The van der Waals surface area contributed by atoms with Gasteiger partial charge in [0.2, 0.25) is 0 Å². The molecule has 2 aliphatic carbocycles. The first-order chi connectivity index (χ1) is 9.12. The first-order valence-electron chi connectivity index (χ1n) is 8.87. The highest BCUT2D eigenvalue weighted by molar-refractivity contribution is 4.98. The van der Waals surface area contributed by atoms with E-state index in [1.54, 1.807) is 0 Å². The predicted octanol–water partition coefficient (Wildman–Crippen LogP) is 5.40. The van der Waals surface area contributed by atoms with Crippen molar-refractivity contribution in [2.24, 2.45) is 22.7 Å². The zero-order chi connectivity index (χ0) is 15.0. The van der Waals surface area contributed by atoms with Gasteiger partial charge in [-0.3, -0.25) is 0 Å². The van der Waals surface area contributed by atoms with Crippen molar-refractivity contribution in [3.05, 3.63) is 0 Å². The highest BCUT2D eigenvalue weighted by Crippen LogP contribution is 2.53. The van der Waals surface area contributed by atoms with E-state index in [9.17, 15) is 0 Å². The summed E-state index contributed by atoms with van der Waals surface area (Å²) in [6, 6.07) is 0. The van der Waals surface area contributed by atoms with Gasteiger partial charge in [-0.15, -0.1) is 0 Å². The molecule has 0 atom stereocenters. The SMILES string of the molecule is CC(C)(C)NCC1(C2CCC2)CCC(C(C)(C)C)CC1. The second-order valence-electron chi connectivity index (χ2n) is 9.73. The largest absolute Gasteiger partial charge is 0.312 e. The van der Waals surface area contributed by atoms with Crippen LogP contribution in [-0.4, -0.2) is 12.1 Å². The maximum atomic E-state index is 3.84. The van der Waals surface area contributed by atoms with Crippen molar-refractivity contribution in [2.45, 2.75) is 92.0 Å². The van der Waals surface area contributed by atoms with Crippen molar-refractivity contribution >= 4 is 0 Å². The van der Waals surface area contributed by atoms with Crippen molar-refractivity contribution in [1.29, 1.82) is 0 Å². The van der Waals surface area contributed by atoms with E-state index in [4.69, 9.17) is 0 Å². The lowest BCUT2D eigenvalue weighted by molar-refractivity contribution is 0.000594. The van der Waals surface area contributed by atoms with Crippen LogP contribution < -0.4 is 5.32 Å². The topological polar surface area (TPSA) is 12.0 Å². The molecule has 0 unspecified atom stereocenters. The van der Waals surface area contributed by atoms with Gasteiger partial charge in [-0.2, -0.15) is 0 Å². The van der Waals surface area contributed by atoms with Crippen LogP contribution in [-0.2, 0) is 0 Å². The third-order valence-corrected chi connectivity index (χ3v) is 6.15. The van der Waals surface area contributed by atoms with Crippen molar-refractivity contribution < 1.29 is 0 Å². The minimum Gasteiger partial charge on any atom is -0.312 e. The Hall–Kier alpha value is -0.0400. The van der Waals surface area contributed by atoms with Gasteiger partial charge in [0.1, 0.15) is 0 Å².